The Morgan fingerprint density at radius 1 is 1.24 bits per heavy atom. The first-order valence-corrected chi connectivity index (χ1v) is 6.35. The van der Waals surface area contributed by atoms with Crippen LogP contribution in [0.1, 0.15) is 36.5 Å². The molecule has 17 heavy (non-hydrogen) atoms. The summed E-state index contributed by atoms with van der Waals surface area (Å²) >= 11 is 0. The fourth-order valence-corrected chi connectivity index (χ4v) is 2.17. The zero-order chi connectivity index (χ0) is 12.8. The van der Waals surface area contributed by atoms with Crippen LogP contribution < -0.4 is 5.32 Å². The van der Waals surface area contributed by atoms with Crippen LogP contribution in [-0.2, 0) is 4.74 Å². The molecule has 0 spiro atoms. The molecule has 0 bridgehead atoms. The van der Waals surface area contributed by atoms with Crippen molar-refractivity contribution >= 4 is 0 Å². The molecule has 2 heteroatoms. The molecular formula is C15H25NO. The molecule has 2 atom stereocenters. The SMILES string of the molecule is COCCNC(C)C(C)c1ccc(C)cc1C. The molecule has 0 radical (unpaired) electrons. The summed E-state index contributed by atoms with van der Waals surface area (Å²) in [5.41, 5.74) is 4.16. The molecular weight excluding hydrogens is 210 g/mol. The van der Waals surface area contributed by atoms with Crippen LogP contribution in [0.15, 0.2) is 18.2 Å². The number of nitrogens with one attached hydrogen (secondary N) is 1. The number of rotatable bonds is 6. The van der Waals surface area contributed by atoms with E-state index in [0.717, 1.165) is 13.2 Å². The summed E-state index contributed by atoms with van der Waals surface area (Å²) in [7, 11) is 1.74. The largest absolute Gasteiger partial charge is 0.383 e. The van der Waals surface area contributed by atoms with Crippen LogP contribution in [0.2, 0.25) is 0 Å². The maximum absolute atomic E-state index is 5.05. The van der Waals surface area contributed by atoms with E-state index in [-0.39, 0.29) is 0 Å². The highest BCUT2D eigenvalue weighted by atomic mass is 16.5. The Labute approximate surface area is 105 Å². The molecule has 0 aromatic heterocycles. The van der Waals surface area contributed by atoms with Gasteiger partial charge in [-0.05, 0) is 37.8 Å². The van der Waals surface area contributed by atoms with E-state index in [2.05, 4.69) is 51.2 Å². The van der Waals surface area contributed by atoms with Crippen molar-refractivity contribution in [3.05, 3.63) is 34.9 Å². The Morgan fingerprint density at radius 3 is 2.53 bits per heavy atom. The van der Waals surface area contributed by atoms with Gasteiger partial charge in [-0.25, -0.2) is 0 Å². The van der Waals surface area contributed by atoms with Crippen molar-refractivity contribution in [1.82, 2.24) is 5.32 Å². The molecule has 0 saturated carbocycles. The summed E-state index contributed by atoms with van der Waals surface area (Å²) in [6.45, 7) is 10.5. The third-order valence-electron chi connectivity index (χ3n) is 3.44. The molecule has 96 valence electrons. The fourth-order valence-electron chi connectivity index (χ4n) is 2.17. The van der Waals surface area contributed by atoms with Gasteiger partial charge in [-0.15, -0.1) is 0 Å². The van der Waals surface area contributed by atoms with Gasteiger partial charge >= 0.3 is 0 Å². The molecule has 0 fully saturated rings. The van der Waals surface area contributed by atoms with Crippen LogP contribution in [0.4, 0.5) is 0 Å². The van der Waals surface area contributed by atoms with Gasteiger partial charge in [0.15, 0.2) is 0 Å². The monoisotopic (exact) mass is 235 g/mol. The zero-order valence-corrected chi connectivity index (χ0v) is 11.7. The zero-order valence-electron chi connectivity index (χ0n) is 11.7. The topological polar surface area (TPSA) is 21.3 Å². The molecule has 0 saturated heterocycles. The average molecular weight is 235 g/mol. The molecule has 0 amide bonds. The number of hydrogen-bond donors (Lipinski definition) is 1. The van der Waals surface area contributed by atoms with Gasteiger partial charge in [0.1, 0.15) is 0 Å². The molecule has 1 N–H and O–H groups in total. The lowest BCUT2D eigenvalue weighted by atomic mass is 9.90. The predicted molar refractivity (Wildman–Crippen MR) is 73.7 cm³/mol. The van der Waals surface area contributed by atoms with Crippen LogP contribution >= 0.6 is 0 Å². The lowest BCUT2D eigenvalue weighted by Crippen LogP contribution is -2.33. The van der Waals surface area contributed by atoms with Gasteiger partial charge < -0.3 is 10.1 Å². The second-order valence-electron chi connectivity index (χ2n) is 4.88. The highest BCUT2D eigenvalue weighted by Gasteiger charge is 2.15. The minimum Gasteiger partial charge on any atom is -0.383 e. The standard InChI is InChI=1S/C15H25NO/c1-11-6-7-15(12(2)10-11)13(3)14(4)16-8-9-17-5/h6-7,10,13-14,16H,8-9H2,1-5H3. The van der Waals surface area contributed by atoms with Crippen molar-refractivity contribution in [1.29, 1.82) is 0 Å². The van der Waals surface area contributed by atoms with Gasteiger partial charge in [-0.3, -0.25) is 0 Å². The molecule has 0 heterocycles. The summed E-state index contributed by atoms with van der Waals surface area (Å²) in [5.74, 6) is 0.521. The van der Waals surface area contributed by atoms with Crippen LogP contribution in [0.5, 0.6) is 0 Å². The van der Waals surface area contributed by atoms with Gasteiger partial charge in [0.25, 0.3) is 0 Å². The maximum Gasteiger partial charge on any atom is 0.0587 e. The van der Waals surface area contributed by atoms with E-state index in [0.29, 0.717) is 12.0 Å². The van der Waals surface area contributed by atoms with Gasteiger partial charge in [-0.1, -0.05) is 30.7 Å². The van der Waals surface area contributed by atoms with Crippen LogP contribution in [0.25, 0.3) is 0 Å². The predicted octanol–water partition coefficient (Wildman–Crippen LogP) is 3.03. The number of methoxy groups -OCH3 is 1. The lowest BCUT2D eigenvalue weighted by molar-refractivity contribution is 0.195. The smallest absolute Gasteiger partial charge is 0.0587 e. The Kier molecular flexibility index (Phi) is 5.66. The van der Waals surface area contributed by atoms with Crippen molar-refractivity contribution in [3.8, 4) is 0 Å². The van der Waals surface area contributed by atoms with E-state index in [1.165, 1.54) is 16.7 Å². The van der Waals surface area contributed by atoms with Crippen molar-refractivity contribution in [3.63, 3.8) is 0 Å². The van der Waals surface area contributed by atoms with Gasteiger partial charge in [-0.2, -0.15) is 0 Å². The van der Waals surface area contributed by atoms with Crippen LogP contribution in [0.3, 0.4) is 0 Å². The number of ether oxygens (including phenoxy) is 1. The van der Waals surface area contributed by atoms with E-state index in [1.54, 1.807) is 7.11 Å². The van der Waals surface area contributed by atoms with Gasteiger partial charge in [0.05, 0.1) is 6.61 Å². The number of aryl methyl sites for hydroxylation is 2. The summed E-state index contributed by atoms with van der Waals surface area (Å²) < 4.78 is 5.05. The Morgan fingerprint density at radius 2 is 1.94 bits per heavy atom. The third-order valence-corrected chi connectivity index (χ3v) is 3.44. The molecule has 1 aromatic rings. The van der Waals surface area contributed by atoms with Crippen molar-refractivity contribution in [2.75, 3.05) is 20.3 Å². The second kappa shape index (κ2) is 6.77. The number of hydrogen-bond acceptors (Lipinski definition) is 2. The summed E-state index contributed by atoms with van der Waals surface area (Å²) in [6.07, 6.45) is 0. The van der Waals surface area contributed by atoms with Crippen LogP contribution in [-0.4, -0.2) is 26.3 Å². The van der Waals surface area contributed by atoms with Gasteiger partial charge in [0.2, 0.25) is 0 Å². The first-order valence-electron chi connectivity index (χ1n) is 6.35. The fraction of sp³-hybridized carbons (Fsp3) is 0.600. The first kappa shape index (κ1) is 14.2. The van der Waals surface area contributed by atoms with E-state index in [9.17, 15) is 0 Å². The molecule has 0 aliphatic rings. The van der Waals surface area contributed by atoms with Crippen molar-refractivity contribution in [2.45, 2.75) is 39.7 Å². The molecule has 0 aliphatic carbocycles. The summed E-state index contributed by atoms with van der Waals surface area (Å²) in [4.78, 5) is 0. The Bertz CT molecular complexity index is 349. The quantitative estimate of drug-likeness (QED) is 0.765. The first-order chi connectivity index (χ1) is 8.06. The normalized spacial score (nSPS) is 14.6. The van der Waals surface area contributed by atoms with Crippen molar-refractivity contribution < 1.29 is 4.74 Å². The van der Waals surface area contributed by atoms with Gasteiger partial charge in [0, 0.05) is 19.7 Å². The molecule has 2 unspecified atom stereocenters. The second-order valence-corrected chi connectivity index (χ2v) is 4.88. The maximum atomic E-state index is 5.05. The molecule has 1 rings (SSSR count). The minimum atomic E-state index is 0.464. The highest BCUT2D eigenvalue weighted by Crippen LogP contribution is 2.23. The van der Waals surface area contributed by atoms with E-state index < -0.39 is 0 Å². The Hall–Kier alpha value is -0.860. The summed E-state index contributed by atoms with van der Waals surface area (Å²) in [5, 5.41) is 3.50. The van der Waals surface area contributed by atoms with Crippen LogP contribution in [0, 0.1) is 13.8 Å². The van der Waals surface area contributed by atoms with E-state index in [4.69, 9.17) is 4.74 Å². The minimum absolute atomic E-state index is 0.464. The van der Waals surface area contributed by atoms with E-state index >= 15 is 0 Å². The highest BCUT2D eigenvalue weighted by molar-refractivity contribution is 5.33. The third kappa shape index (κ3) is 4.14. The molecule has 1 aromatic carbocycles. The summed E-state index contributed by atoms with van der Waals surface area (Å²) in [6, 6.07) is 7.17. The molecule has 2 nitrogen and oxygen atoms in total. The Balaban J connectivity index is 2.64. The lowest BCUT2D eigenvalue weighted by Gasteiger charge is -2.23. The molecule has 0 aliphatic heterocycles. The number of benzene rings is 1. The van der Waals surface area contributed by atoms with Crippen molar-refractivity contribution in [2.24, 2.45) is 0 Å². The average Bonchev–Trinajstić information content (AvgIpc) is 2.28. The van der Waals surface area contributed by atoms with E-state index in [1.807, 2.05) is 0 Å².